The molecule has 5 heteroatoms. The fraction of sp³-hybridized carbons (Fsp3) is 0.696. The number of hydrogen-bond donors (Lipinski definition) is 0. The number of carbonyl (C=O) groups excluding carboxylic acids is 1. The average Bonchev–Trinajstić information content (AvgIpc) is 2.96. The lowest BCUT2D eigenvalue weighted by molar-refractivity contribution is -0.137. The van der Waals surface area contributed by atoms with E-state index in [0.29, 0.717) is 6.04 Å². The van der Waals surface area contributed by atoms with Crippen LogP contribution in [0.15, 0.2) is 18.2 Å². The Morgan fingerprint density at radius 3 is 2.50 bits per heavy atom. The first-order chi connectivity index (χ1) is 13.1. The number of piperidine rings is 1. The maximum atomic E-state index is 12.9. The van der Waals surface area contributed by atoms with Crippen LogP contribution in [0.2, 0.25) is 0 Å². The molecule has 2 saturated heterocycles. The molecular weight excluding hydrogens is 372 g/mol. The summed E-state index contributed by atoms with van der Waals surface area (Å²) < 4.78 is 5.89. The van der Waals surface area contributed by atoms with Gasteiger partial charge < -0.3 is 14.5 Å². The van der Waals surface area contributed by atoms with E-state index in [0.717, 1.165) is 43.7 Å². The molecule has 0 aromatic heterocycles. The van der Waals surface area contributed by atoms with E-state index in [4.69, 9.17) is 4.74 Å². The second-order valence-electron chi connectivity index (χ2n) is 8.27. The number of nitrogens with zero attached hydrogens (tertiary/aromatic N) is 2. The van der Waals surface area contributed by atoms with Crippen LogP contribution in [0.25, 0.3) is 0 Å². The molecule has 0 aliphatic carbocycles. The Balaban J connectivity index is 0.00000280. The number of benzene rings is 1. The molecule has 0 radical (unpaired) electrons. The van der Waals surface area contributed by atoms with E-state index >= 15 is 0 Å². The summed E-state index contributed by atoms with van der Waals surface area (Å²) in [6, 6.07) is 6.42. The second kappa shape index (κ2) is 11.7. The van der Waals surface area contributed by atoms with Crippen molar-refractivity contribution in [3.05, 3.63) is 29.3 Å². The third-order valence-corrected chi connectivity index (χ3v) is 6.33. The molecule has 158 valence electrons. The van der Waals surface area contributed by atoms with Gasteiger partial charge in [-0.3, -0.25) is 4.79 Å². The zero-order valence-corrected chi connectivity index (χ0v) is 18.4. The molecule has 1 amide bonds. The fourth-order valence-corrected chi connectivity index (χ4v) is 4.42. The van der Waals surface area contributed by atoms with Crippen LogP contribution in [0.1, 0.15) is 62.5 Å². The molecule has 1 aromatic rings. The second-order valence-corrected chi connectivity index (χ2v) is 8.27. The van der Waals surface area contributed by atoms with Crippen LogP contribution in [-0.4, -0.2) is 54.5 Å². The first-order valence-corrected chi connectivity index (χ1v) is 10.9. The lowest BCUT2D eigenvalue weighted by atomic mass is 9.99. The van der Waals surface area contributed by atoms with E-state index in [1.54, 1.807) is 0 Å². The maximum Gasteiger partial charge on any atom is 0.260 e. The number of amides is 1. The lowest BCUT2D eigenvalue weighted by Crippen LogP contribution is -2.47. The molecule has 28 heavy (non-hydrogen) atoms. The van der Waals surface area contributed by atoms with Gasteiger partial charge in [-0.05, 0) is 82.7 Å². The number of carbonyl (C=O) groups is 1. The summed E-state index contributed by atoms with van der Waals surface area (Å²) in [7, 11) is 0. The summed E-state index contributed by atoms with van der Waals surface area (Å²) in [5.74, 6) is 0.984. The number of rotatable bonds is 6. The molecule has 4 nitrogen and oxygen atoms in total. The molecule has 0 spiro atoms. The van der Waals surface area contributed by atoms with Crippen LogP contribution in [-0.2, 0) is 4.79 Å². The number of hydrogen-bond acceptors (Lipinski definition) is 3. The van der Waals surface area contributed by atoms with Gasteiger partial charge in [-0.1, -0.05) is 25.0 Å². The molecule has 1 atom stereocenters. The third-order valence-electron chi connectivity index (χ3n) is 6.33. The van der Waals surface area contributed by atoms with Crippen LogP contribution in [0.4, 0.5) is 0 Å². The molecule has 2 aliphatic rings. The summed E-state index contributed by atoms with van der Waals surface area (Å²) in [4.78, 5) is 17.6. The average molecular weight is 409 g/mol. The quantitative estimate of drug-likeness (QED) is 0.680. The highest BCUT2D eigenvalue weighted by Gasteiger charge is 2.27. The van der Waals surface area contributed by atoms with Gasteiger partial charge in [-0.25, -0.2) is 0 Å². The minimum absolute atomic E-state index is 0. The van der Waals surface area contributed by atoms with E-state index < -0.39 is 0 Å². The highest BCUT2D eigenvalue weighted by atomic mass is 35.5. The standard InChI is InChI=1S/C23H36N2O2.ClH/c1-19-10-9-12-22(20(19)2)27-18-23(26)25-16-8-5-11-21(25)13-17-24-14-6-3-4-7-15-24;/h9-10,12,21H,3-8,11,13-18H2,1-2H3;1H. The van der Waals surface area contributed by atoms with Crippen molar-refractivity contribution in [1.82, 2.24) is 9.80 Å². The number of aryl methyl sites for hydroxylation is 1. The molecule has 1 unspecified atom stereocenters. The van der Waals surface area contributed by atoms with Gasteiger partial charge in [0, 0.05) is 19.1 Å². The van der Waals surface area contributed by atoms with Crippen molar-refractivity contribution in [3.8, 4) is 5.75 Å². The topological polar surface area (TPSA) is 32.8 Å². The van der Waals surface area contributed by atoms with Crippen molar-refractivity contribution >= 4 is 18.3 Å². The van der Waals surface area contributed by atoms with Gasteiger partial charge in [-0.15, -0.1) is 12.4 Å². The zero-order chi connectivity index (χ0) is 19.1. The van der Waals surface area contributed by atoms with Crippen LogP contribution < -0.4 is 4.74 Å². The van der Waals surface area contributed by atoms with Gasteiger partial charge in [0.1, 0.15) is 5.75 Å². The Kier molecular flexibility index (Phi) is 9.60. The zero-order valence-electron chi connectivity index (χ0n) is 17.6. The van der Waals surface area contributed by atoms with E-state index in [-0.39, 0.29) is 24.9 Å². The SMILES string of the molecule is Cc1cccc(OCC(=O)N2CCCCC2CCN2CCCCCC2)c1C.Cl. The summed E-state index contributed by atoms with van der Waals surface area (Å²) in [6.45, 7) is 8.77. The third kappa shape index (κ3) is 6.38. The van der Waals surface area contributed by atoms with Gasteiger partial charge in [0.15, 0.2) is 6.61 Å². The van der Waals surface area contributed by atoms with Crippen molar-refractivity contribution in [2.24, 2.45) is 0 Å². The molecular formula is C23H37ClN2O2. The minimum atomic E-state index is 0. The van der Waals surface area contributed by atoms with Crippen LogP contribution >= 0.6 is 12.4 Å². The maximum absolute atomic E-state index is 12.9. The number of likely N-dealkylation sites (tertiary alicyclic amines) is 2. The Labute approximate surface area is 177 Å². The predicted molar refractivity (Wildman–Crippen MR) is 118 cm³/mol. The Bertz CT molecular complexity index is 615. The monoisotopic (exact) mass is 408 g/mol. The largest absolute Gasteiger partial charge is 0.483 e. The molecule has 2 aliphatic heterocycles. The van der Waals surface area contributed by atoms with Gasteiger partial charge in [0.2, 0.25) is 0 Å². The normalized spacial score (nSPS) is 20.9. The fourth-order valence-electron chi connectivity index (χ4n) is 4.42. The van der Waals surface area contributed by atoms with E-state index in [1.165, 1.54) is 50.8 Å². The van der Waals surface area contributed by atoms with E-state index in [1.807, 2.05) is 12.1 Å². The molecule has 0 N–H and O–H groups in total. The molecule has 0 bridgehead atoms. The Morgan fingerprint density at radius 2 is 1.75 bits per heavy atom. The van der Waals surface area contributed by atoms with Crippen LogP contribution in [0, 0.1) is 13.8 Å². The van der Waals surface area contributed by atoms with Crippen molar-refractivity contribution in [3.63, 3.8) is 0 Å². The summed E-state index contributed by atoms with van der Waals surface area (Å²) in [6.07, 6.45) is 10.0. The summed E-state index contributed by atoms with van der Waals surface area (Å²) in [5, 5.41) is 0. The smallest absolute Gasteiger partial charge is 0.260 e. The molecule has 2 fully saturated rings. The predicted octanol–water partition coefficient (Wildman–Crippen LogP) is 4.75. The lowest BCUT2D eigenvalue weighted by Gasteiger charge is -2.37. The van der Waals surface area contributed by atoms with Gasteiger partial charge in [0.05, 0.1) is 0 Å². The van der Waals surface area contributed by atoms with Crippen molar-refractivity contribution in [1.29, 1.82) is 0 Å². The summed E-state index contributed by atoms with van der Waals surface area (Å²) in [5.41, 5.74) is 2.33. The first-order valence-electron chi connectivity index (χ1n) is 10.9. The van der Waals surface area contributed by atoms with E-state index in [9.17, 15) is 4.79 Å². The Hall–Kier alpha value is -1.26. The van der Waals surface area contributed by atoms with Crippen LogP contribution in [0.5, 0.6) is 5.75 Å². The van der Waals surface area contributed by atoms with Gasteiger partial charge >= 0.3 is 0 Å². The molecule has 0 saturated carbocycles. The van der Waals surface area contributed by atoms with E-state index in [2.05, 4.69) is 29.7 Å². The van der Waals surface area contributed by atoms with Gasteiger partial charge in [-0.2, -0.15) is 0 Å². The molecule has 3 rings (SSSR count). The molecule has 2 heterocycles. The number of ether oxygens (including phenoxy) is 1. The van der Waals surface area contributed by atoms with Crippen molar-refractivity contribution in [2.75, 3.05) is 32.8 Å². The summed E-state index contributed by atoms with van der Waals surface area (Å²) >= 11 is 0. The van der Waals surface area contributed by atoms with Crippen molar-refractivity contribution in [2.45, 2.75) is 71.3 Å². The van der Waals surface area contributed by atoms with Crippen LogP contribution in [0.3, 0.4) is 0 Å². The first kappa shape index (κ1) is 23.0. The highest BCUT2D eigenvalue weighted by Crippen LogP contribution is 2.23. The minimum Gasteiger partial charge on any atom is -0.483 e. The molecule has 1 aromatic carbocycles. The Morgan fingerprint density at radius 1 is 1.04 bits per heavy atom. The highest BCUT2D eigenvalue weighted by molar-refractivity contribution is 5.85. The van der Waals surface area contributed by atoms with Gasteiger partial charge in [0.25, 0.3) is 5.91 Å². The number of halogens is 1. The van der Waals surface area contributed by atoms with Crippen molar-refractivity contribution < 1.29 is 9.53 Å².